The van der Waals surface area contributed by atoms with Crippen LogP contribution in [0.3, 0.4) is 0 Å². The van der Waals surface area contributed by atoms with Crippen LogP contribution in [-0.4, -0.2) is 23.4 Å². The molecule has 1 amide bonds. The maximum Gasteiger partial charge on any atom is 0.294 e. The van der Waals surface area contributed by atoms with Gasteiger partial charge in [0, 0.05) is 18.2 Å². The topological polar surface area (TPSA) is 66.8 Å². The Kier molecular flexibility index (Phi) is 6.06. The van der Waals surface area contributed by atoms with Gasteiger partial charge in [-0.3, -0.25) is 14.5 Å². The number of aryl methyl sites for hydroxylation is 1. The van der Waals surface area contributed by atoms with E-state index in [4.69, 9.17) is 4.74 Å². The van der Waals surface area contributed by atoms with Gasteiger partial charge in [-0.1, -0.05) is 49.7 Å². The molecule has 2 aromatic rings. The molecule has 1 aliphatic heterocycles. The highest BCUT2D eigenvalue weighted by Crippen LogP contribution is 2.42. The van der Waals surface area contributed by atoms with Crippen molar-refractivity contribution >= 4 is 17.4 Å². The summed E-state index contributed by atoms with van der Waals surface area (Å²) in [6, 6.07) is 14.2. The van der Waals surface area contributed by atoms with Gasteiger partial charge in [-0.25, -0.2) is 0 Å². The molecule has 1 heterocycles. The van der Waals surface area contributed by atoms with Crippen LogP contribution in [0.5, 0.6) is 5.75 Å². The number of hydrogen-bond donors (Lipinski definition) is 1. The first-order chi connectivity index (χ1) is 13.8. The van der Waals surface area contributed by atoms with Crippen molar-refractivity contribution in [2.75, 3.05) is 11.5 Å². The number of benzene rings is 2. The molecular formula is C24H27NO4. The predicted octanol–water partition coefficient (Wildman–Crippen LogP) is 4.91. The zero-order valence-electron chi connectivity index (χ0n) is 17.3. The van der Waals surface area contributed by atoms with Crippen LogP contribution >= 0.6 is 0 Å². The summed E-state index contributed by atoms with van der Waals surface area (Å²) in [6.07, 6.45) is 0.266. The molecule has 1 N–H and O–H groups in total. The molecule has 1 unspecified atom stereocenters. The van der Waals surface area contributed by atoms with Crippen LogP contribution in [0.15, 0.2) is 59.9 Å². The molecule has 3 rings (SSSR count). The van der Waals surface area contributed by atoms with Crippen LogP contribution in [0.25, 0.3) is 0 Å². The SMILES string of the molecule is CCOc1cccc(N2C(=O)C(O)=C(C(=O)CC(C)C)C2c2cccc(C)c2)c1. The lowest BCUT2D eigenvalue weighted by Gasteiger charge is -2.27. The van der Waals surface area contributed by atoms with E-state index in [1.165, 1.54) is 4.90 Å². The van der Waals surface area contributed by atoms with E-state index in [1.807, 2.05) is 58.0 Å². The van der Waals surface area contributed by atoms with Crippen LogP contribution in [0, 0.1) is 12.8 Å². The van der Waals surface area contributed by atoms with E-state index < -0.39 is 17.7 Å². The number of amides is 1. The standard InChI is InChI=1S/C24H27NO4/c1-5-29-19-11-7-10-18(14-19)25-22(17-9-6-8-16(4)13-17)21(23(27)24(25)28)20(26)12-15(2)3/h6-11,13-15,22,27H,5,12H2,1-4H3. The lowest BCUT2D eigenvalue weighted by molar-refractivity contribution is -0.118. The maximum absolute atomic E-state index is 13.1. The largest absolute Gasteiger partial charge is 0.503 e. The second kappa shape index (κ2) is 8.52. The summed E-state index contributed by atoms with van der Waals surface area (Å²) in [4.78, 5) is 27.6. The van der Waals surface area contributed by atoms with Gasteiger partial charge in [-0.05, 0) is 37.5 Å². The average Bonchev–Trinajstić information content (AvgIpc) is 2.93. The minimum Gasteiger partial charge on any atom is -0.503 e. The molecule has 0 fully saturated rings. The molecule has 29 heavy (non-hydrogen) atoms. The van der Waals surface area contributed by atoms with Gasteiger partial charge in [-0.2, -0.15) is 0 Å². The zero-order valence-corrected chi connectivity index (χ0v) is 17.3. The highest BCUT2D eigenvalue weighted by molar-refractivity contribution is 6.16. The van der Waals surface area contributed by atoms with E-state index in [0.29, 0.717) is 18.0 Å². The van der Waals surface area contributed by atoms with E-state index in [2.05, 4.69) is 0 Å². The fourth-order valence-electron chi connectivity index (χ4n) is 3.68. The molecule has 0 spiro atoms. The van der Waals surface area contributed by atoms with E-state index in [1.54, 1.807) is 18.2 Å². The summed E-state index contributed by atoms with van der Waals surface area (Å²) in [5.74, 6) is -0.504. The number of Topliss-reactive ketones (excluding diaryl/α,β-unsaturated/α-hetero) is 1. The molecule has 5 heteroatoms. The predicted molar refractivity (Wildman–Crippen MR) is 113 cm³/mol. The van der Waals surface area contributed by atoms with Gasteiger partial charge in [0.2, 0.25) is 0 Å². The number of ether oxygens (including phenoxy) is 1. The molecular weight excluding hydrogens is 366 g/mol. The molecule has 0 bridgehead atoms. The molecule has 0 aliphatic carbocycles. The monoisotopic (exact) mass is 393 g/mol. The van der Waals surface area contributed by atoms with Crippen molar-refractivity contribution in [3.8, 4) is 5.75 Å². The van der Waals surface area contributed by atoms with Crippen LogP contribution in [0.4, 0.5) is 5.69 Å². The Morgan fingerprint density at radius 3 is 2.55 bits per heavy atom. The van der Waals surface area contributed by atoms with Gasteiger partial charge >= 0.3 is 0 Å². The van der Waals surface area contributed by atoms with Gasteiger partial charge in [0.15, 0.2) is 11.5 Å². The molecule has 1 aliphatic rings. The maximum atomic E-state index is 13.1. The lowest BCUT2D eigenvalue weighted by atomic mass is 9.91. The van der Waals surface area contributed by atoms with Crippen LogP contribution in [0.1, 0.15) is 44.4 Å². The molecule has 0 radical (unpaired) electrons. The number of aliphatic hydroxyl groups is 1. The van der Waals surface area contributed by atoms with Crippen LogP contribution < -0.4 is 9.64 Å². The zero-order chi connectivity index (χ0) is 21.1. The van der Waals surface area contributed by atoms with Crippen molar-refractivity contribution in [1.29, 1.82) is 0 Å². The van der Waals surface area contributed by atoms with E-state index in [-0.39, 0.29) is 23.7 Å². The number of rotatable bonds is 7. The molecule has 0 saturated carbocycles. The second-order valence-corrected chi connectivity index (χ2v) is 7.71. The molecule has 152 valence electrons. The fraction of sp³-hybridized carbons (Fsp3) is 0.333. The number of aliphatic hydroxyl groups excluding tert-OH is 1. The van der Waals surface area contributed by atoms with Crippen molar-refractivity contribution in [2.45, 2.75) is 40.2 Å². The van der Waals surface area contributed by atoms with Gasteiger partial charge in [0.05, 0.1) is 18.2 Å². The first kappa shape index (κ1) is 20.6. The lowest BCUT2D eigenvalue weighted by Crippen LogP contribution is -2.31. The van der Waals surface area contributed by atoms with Crippen LogP contribution in [-0.2, 0) is 9.59 Å². The second-order valence-electron chi connectivity index (χ2n) is 7.71. The fourth-order valence-corrected chi connectivity index (χ4v) is 3.68. The van der Waals surface area contributed by atoms with Gasteiger partial charge in [0.25, 0.3) is 5.91 Å². The summed E-state index contributed by atoms with van der Waals surface area (Å²) in [6.45, 7) is 8.23. The minimum absolute atomic E-state index is 0.117. The first-order valence-electron chi connectivity index (χ1n) is 9.92. The van der Waals surface area contributed by atoms with Gasteiger partial charge in [-0.15, -0.1) is 0 Å². The van der Waals surface area contributed by atoms with Crippen molar-refractivity contribution < 1.29 is 19.4 Å². The Morgan fingerprint density at radius 1 is 1.17 bits per heavy atom. The normalized spacial score (nSPS) is 16.7. The molecule has 5 nitrogen and oxygen atoms in total. The Bertz CT molecular complexity index is 961. The number of ketones is 1. The van der Waals surface area contributed by atoms with Crippen LogP contribution in [0.2, 0.25) is 0 Å². The van der Waals surface area contributed by atoms with Crippen molar-refractivity contribution in [3.05, 3.63) is 71.0 Å². The first-order valence-corrected chi connectivity index (χ1v) is 9.92. The third kappa shape index (κ3) is 4.19. The quantitative estimate of drug-likeness (QED) is 0.726. The smallest absolute Gasteiger partial charge is 0.294 e. The van der Waals surface area contributed by atoms with E-state index >= 15 is 0 Å². The van der Waals surface area contributed by atoms with E-state index in [0.717, 1.165) is 11.1 Å². The Hall–Kier alpha value is -3.08. The molecule has 1 atom stereocenters. The number of nitrogens with zero attached hydrogens (tertiary/aromatic N) is 1. The summed E-state index contributed by atoms with van der Waals surface area (Å²) < 4.78 is 5.57. The third-order valence-electron chi connectivity index (χ3n) is 4.87. The number of carbonyl (C=O) groups excluding carboxylic acids is 2. The number of carbonyl (C=O) groups is 2. The Balaban J connectivity index is 2.14. The van der Waals surface area contributed by atoms with Gasteiger partial charge in [0.1, 0.15) is 5.75 Å². The molecule has 2 aromatic carbocycles. The highest BCUT2D eigenvalue weighted by Gasteiger charge is 2.44. The third-order valence-corrected chi connectivity index (χ3v) is 4.87. The number of anilines is 1. The van der Waals surface area contributed by atoms with Crippen molar-refractivity contribution in [1.82, 2.24) is 0 Å². The highest BCUT2D eigenvalue weighted by atomic mass is 16.5. The number of hydrogen-bond acceptors (Lipinski definition) is 4. The summed E-state index contributed by atoms with van der Waals surface area (Å²) in [5.41, 5.74) is 2.54. The van der Waals surface area contributed by atoms with Crippen molar-refractivity contribution in [3.63, 3.8) is 0 Å². The Morgan fingerprint density at radius 2 is 1.90 bits per heavy atom. The summed E-state index contributed by atoms with van der Waals surface area (Å²) in [5, 5.41) is 10.7. The van der Waals surface area contributed by atoms with Crippen molar-refractivity contribution in [2.24, 2.45) is 5.92 Å². The summed E-state index contributed by atoms with van der Waals surface area (Å²) >= 11 is 0. The molecule has 0 saturated heterocycles. The van der Waals surface area contributed by atoms with E-state index in [9.17, 15) is 14.7 Å². The molecule has 0 aromatic heterocycles. The van der Waals surface area contributed by atoms with Gasteiger partial charge < -0.3 is 9.84 Å². The average molecular weight is 393 g/mol. The Labute approximate surface area is 171 Å². The summed E-state index contributed by atoms with van der Waals surface area (Å²) in [7, 11) is 0. The minimum atomic E-state index is -0.675.